The van der Waals surface area contributed by atoms with Crippen LogP contribution in [0, 0.1) is 5.82 Å². The van der Waals surface area contributed by atoms with Crippen molar-refractivity contribution in [3.63, 3.8) is 0 Å². The molecule has 0 saturated carbocycles. The first-order valence-corrected chi connectivity index (χ1v) is 12.7. The van der Waals surface area contributed by atoms with Crippen LogP contribution in [0.3, 0.4) is 0 Å². The topological polar surface area (TPSA) is 69.0 Å². The zero-order valence-electron chi connectivity index (χ0n) is 20.7. The van der Waals surface area contributed by atoms with Gasteiger partial charge in [-0.25, -0.2) is 4.39 Å². The molecule has 1 aromatic heterocycles. The molecule has 0 spiro atoms. The Kier molecular flexibility index (Phi) is 8.05. The van der Waals surface area contributed by atoms with Crippen molar-refractivity contribution in [1.82, 2.24) is 14.8 Å². The molecule has 1 heterocycles. The van der Waals surface area contributed by atoms with Gasteiger partial charge in [0.2, 0.25) is 5.91 Å². The van der Waals surface area contributed by atoms with Gasteiger partial charge >= 0.3 is 0 Å². The summed E-state index contributed by atoms with van der Waals surface area (Å²) in [6, 6.07) is 23.6. The highest BCUT2D eigenvalue weighted by Gasteiger charge is 2.24. The monoisotopic (exact) mass is 504 g/mol. The predicted octanol–water partition coefficient (Wildman–Crippen LogP) is 6.79. The lowest BCUT2D eigenvalue weighted by Crippen LogP contribution is -2.23. The summed E-state index contributed by atoms with van der Waals surface area (Å²) in [6.07, 6.45) is -0.395. The third kappa shape index (κ3) is 6.12. The van der Waals surface area contributed by atoms with Gasteiger partial charge < -0.3 is 10.1 Å². The summed E-state index contributed by atoms with van der Waals surface area (Å²) in [6.45, 7) is 8.01. The Balaban J connectivity index is 1.56. The average Bonchev–Trinajstić information content (AvgIpc) is 3.28. The minimum atomic E-state index is -0.507. The molecule has 0 bridgehead atoms. The molecule has 0 radical (unpaired) electrons. The molecular weight excluding hydrogens is 475 g/mol. The van der Waals surface area contributed by atoms with Gasteiger partial charge in [0.1, 0.15) is 11.6 Å². The second-order valence-corrected chi connectivity index (χ2v) is 10.1. The number of nitrogens with one attached hydrogen (secondary N) is 1. The number of para-hydroxylation sites is 1. The molecule has 1 N–H and O–H groups in total. The van der Waals surface area contributed by atoms with E-state index in [1.54, 1.807) is 19.1 Å². The van der Waals surface area contributed by atoms with E-state index in [0.717, 1.165) is 11.4 Å². The third-order valence-corrected chi connectivity index (χ3v) is 6.68. The number of hydrogen-bond acceptors (Lipinski definition) is 5. The number of hydrogen-bond donors (Lipinski definition) is 1. The highest BCUT2D eigenvalue weighted by atomic mass is 32.2. The summed E-state index contributed by atoms with van der Waals surface area (Å²) in [5.41, 5.74) is 2.51. The van der Waals surface area contributed by atoms with Gasteiger partial charge in [-0.2, -0.15) is 0 Å². The molecule has 0 aliphatic heterocycles. The summed E-state index contributed by atoms with van der Waals surface area (Å²) in [7, 11) is 0. The van der Waals surface area contributed by atoms with E-state index in [4.69, 9.17) is 4.74 Å². The Morgan fingerprint density at radius 1 is 0.944 bits per heavy atom. The average molecular weight is 505 g/mol. The fourth-order valence-electron chi connectivity index (χ4n) is 3.65. The first-order valence-electron chi connectivity index (χ1n) is 11.8. The predicted molar refractivity (Wildman–Crippen MR) is 141 cm³/mol. The first-order chi connectivity index (χ1) is 17.3. The van der Waals surface area contributed by atoms with Crippen molar-refractivity contribution in [3.8, 4) is 11.4 Å². The second kappa shape index (κ2) is 11.4. The number of anilines is 1. The Morgan fingerprint density at radius 3 is 2.33 bits per heavy atom. The van der Waals surface area contributed by atoms with Gasteiger partial charge in [0.15, 0.2) is 17.1 Å². The van der Waals surface area contributed by atoms with Crippen molar-refractivity contribution in [3.05, 3.63) is 96.1 Å². The van der Waals surface area contributed by atoms with Crippen molar-refractivity contribution >= 4 is 23.4 Å². The van der Waals surface area contributed by atoms with Gasteiger partial charge in [0.25, 0.3) is 0 Å². The molecule has 0 aliphatic rings. The van der Waals surface area contributed by atoms with Crippen molar-refractivity contribution in [2.45, 2.75) is 50.1 Å². The quantitative estimate of drug-likeness (QED) is 0.254. The van der Waals surface area contributed by atoms with Gasteiger partial charge in [0, 0.05) is 11.4 Å². The highest BCUT2D eigenvalue weighted by molar-refractivity contribution is 8.00. The molecule has 2 unspecified atom stereocenters. The largest absolute Gasteiger partial charge is 0.483 e. The minimum absolute atomic E-state index is 0.260. The number of aromatic nitrogens is 3. The fraction of sp³-hybridized carbons (Fsp3) is 0.250. The van der Waals surface area contributed by atoms with Crippen molar-refractivity contribution in [2.75, 3.05) is 5.32 Å². The summed E-state index contributed by atoms with van der Waals surface area (Å²) >= 11 is 1.27. The number of rotatable bonds is 9. The second-order valence-electron chi connectivity index (χ2n) is 8.76. The molecule has 0 saturated heterocycles. The molecule has 3 aromatic carbocycles. The lowest BCUT2D eigenvalue weighted by Gasteiger charge is -2.18. The van der Waals surface area contributed by atoms with Crippen molar-refractivity contribution < 1.29 is 13.9 Å². The normalized spacial score (nSPS) is 12.8. The van der Waals surface area contributed by atoms with Crippen LogP contribution >= 0.6 is 11.8 Å². The van der Waals surface area contributed by atoms with E-state index < -0.39 is 17.2 Å². The van der Waals surface area contributed by atoms with Crippen LogP contribution in [0.1, 0.15) is 51.1 Å². The van der Waals surface area contributed by atoms with Gasteiger partial charge in [-0.3, -0.25) is 9.36 Å². The molecule has 0 aliphatic carbocycles. The third-order valence-electron chi connectivity index (χ3n) is 5.64. The van der Waals surface area contributed by atoms with Crippen LogP contribution in [-0.2, 0) is 4.79 Å². The molecule has 4 aromatic rings. The van der Waals surface area contributed by atoms with Crippen LogP contribution in [0.2, 0.25) is 0 Å². The van der Waals surface area contributed by atoms with Gasteiger partial charge in [-0.1, -0.05) is 62.0 Å². The summed E-state index contributed by atoms with van der Waals surface area (Å²) < 4.78 is 21.6. The molecule has 6 nitrogen and oxygen atoms in total. The number of nitrogens with zero attached hydrogens (tertiary/aromatic N) is 3. The molecule has 4 rings (SSSR count). The zero-order chi connectivity index (χ0) is 25.7. The van der Waals surface area contributed by atoms with Crippen molar-refractivity contribution in [1.29, 1.82) is 0 Å². The number of ether oxygens (including phenoxy) is 1. The number of thioether (sulfide) groups is 1. The Bertz CT molecular complexity index is 1310. The minimum Gasteiger partial charge on any atom is -0.483 e. The fourth-order valence-corrected chi connectivity index (χ4v) is 4.52. The molecular formula is C28H29FN4O2S. The number of benzene rings is 3. The number of carbonyl (C=O) groups excluding carboxylic acids is 1. The van der Waals surface area contributed by atoms with E-state index in [-0.39, 0.29) is 5.91 Å². The summed E-state index contributed by atoms with van der Waals surface area (Å²) in [5, 5.41) is 11.6. The van der Waals surface area contributed by atoms with Gasteiger partial charge in [-0.05, 0) is 67.8 Å². The molecule has 2 atom stereocenters. The number of carbonyl (C=O) groups is 1. The van der Waals surface area contributed by atoms with Gasteiger partial charge in [-0.15, -0.1) is 10.2 Å². The number of amides is 1. The van der Waals surface area contributed by atoms with Crippen LogP contribution in [0.4, 0.5) is 10.1 Å². The van der Waals surface area contributed by atoms with Crippen LogP contribution in [0.25, 0.3) is 5.69 Å². The maximum atomic E-state index is 13.5. The first kappa shape index (κ1) is 25.4. The molecule has 1 amide bonds. The van der Waals surface area contributed by atoms with Crippen LogP contribution in [-0.4, -0.2) is 25.9 Å². The van der Waals surface area contributed by atoms with Crippen LogP contribution in [0.5, 0.6) is 5.75 Å². The Hall–Kier alpha value is -3.65. The molecule has 36 heavy (non-hydrogen) atoms. The molecule has 186 valence electrons. The van der Waals surface area contributed by atoms with Crippen LogP contribution in [0.15, 0.2) is 84.0 Å². The highest BCUT2D eigenvalue weighted by Crippen LogP contribution is 2.30. The van der Waals surface area contributed by atoms with E-state index in [0.29, 0.717) is 22.6 Å². The van der Waals surface area contributed by atoms with Crippen molar-refractivity contribution in [2.24, 2.45) is 0 Å². The van der Waals surface area contributed by atoms with E-state index in [2.05, 4.69) is 41.5 Å². The molecule has 0 fully saturated rings. The van der Waals surface area contributed by atoms with E-state index in [9.17, 15) is 9.18 Å². The summed E-state index contributed by atoms with van der Waals surface area (Å²) in [4.78, 5) is 12.8. The number of halogens is 1. The summed E-state index contributed by atoms with van der Waals surface area (Å²) in [5.74, 6) is 1.14. The van der Waals surface area contributed by atoms with Gasteiger partial charge in [0.05, 0.1) is 5.25 Å². The SMILES string of the molecule is CC(Sc1nnc(C(C)Oc2ccc(C(C)C)cc2)n1-c1ccccc1)C(=O)Nc1cccc(F)c1. The maximum Gasteiger partial charge on any atom is 0.237 e. The maximum absolute atomic E-state index is 13.5. The van der Waals surface area contributed by atoms with E-state index in [1.807, 2.05) is 54.0 Å². The molecule has 8 heteroatoms. The smallest absolute Gasteiger partial charge is 0.237 e. The Labute approximate surface area is 214 Å². The lowest BCUT2D eigenvalue weighted by molar-refractivity contribution is -0.115. The Morgan fingerprint density at radius 2 is 1.67 bits per heavy atom. The zero-order valence-corrected chi connectivity index (χ0v) is 21.5. The van der Waals surface area contributed by atoms with Crippen LogP contribution < -0.4 is 10.1 Å². The lowest BCUT2D eigenvalue weighted by atomic mass is 10.0. The van der Waals surface area contributed by atoms with E-state index >= 15 is 0 Å². The van der Waals surface area contributed by atoms with E-state index in [1.165, 1.54) is 29.5 Å². The standard InChI is InChI=1S/C28H29FN4O2S/c1-18(2)21-13-15-25(16-14-21)35-19(3)26-31-32-28(33(26)24-11-6-5-7-12-24)36-20(4)27(34)30-23-10-8-9-22(29)17-23/h5-20H,1-4H3,(H,30,34).